The quantitative estimate of drug-likeness (QED) is 0.775. The number of amides is 1. The molecule has 1 saturated carbocycles. The van der Waals surface area contributed by atoms with Crippen LogP contribution in [-0.2, 0) is 0 Å². The molecule has 1 heterocycles. The van der Waals surface area contributed by atoms with Crippen LogP contribution < -0.4 is 5.73 Å². The van der Waals surface area contributed by atoms with Crippen molar-refractivity contribution >= 4 is 11.6 Å². The first-order valence-electron chi connectivity index (χ1n) is 6.43. The molecular formula is C14H17FN2O. The molecule has 1 amide bonds. The molecule has 2 atom stereocenters. The number of likely N-dealkylation sites (tertiary alicyclic amines) is 1. The van der Waals surface area contributed by atoms with Crippen molar-refractivity contribution in [2.45, 2.75) is 32.2 Å². The fourth-order valence-corrected chi connectivity index (χ4v) is 3.28. The van der Waals surface area contributed by atoms with Crippen molar-refractivity contribution < 1.29 is 9.18 Å². The lowest BCUT2D eigenvalue weighted by Crippen LogP contribution is -2.38. The first-order valence-corrected chi connectivity index (χ1v) is 6.43. The van der Waals surface area contributed by atoms with E-state index in [0.29, 0.717) is 23.2 Å². The van der Waals surface area contributed by atoms with Gasteiger partial charge in [0.15, 0.2) is 0 Å². The summed E-state index contributed by atoms with van der Waals surface area (Å²) in [6.45, 7) is 2.41. The molecule has 0 aromatic heterocycles. The van der Waals surface area contributed by atoms with Gasteiger partial charge >= 0.3 is 0 Å². The molecule has 0 radical (unpaired) electrons. The number of nitrogens with two attached hydrogens (primary N) is 1. The van der Waals surface area contributed by atoms with Gasteiger partial charge in [-0.1, -0.05) is 0 Å². The number of fused-ring (bicyclic) bond motifs is 2. The zero-order chi connectivity index (χ0) is 12.9. The summed E-state index contributed by atoms with van der Waals surface area (Å²) in [4.78, 5) is 14.2. The van der Waals surface area contributed by atoms with Crippen molar-refractivity contribution in [1.82, 2.24) is 4.90 Å². The molecule has 3 rings (SSSR count). The molecule has 2 aliphatic rings. The largest absolute Gasteiger partial charge is 0.399 e. The smallest absolute Gasteiger partial charge is 0.257 e. The number of hydrogen-bond donors (Lipinski definition) is 1. The Morgan fingerprint density at radius 1 is 1.44 bits per heavy atom. The van der Waals surface area contributed by atoms with Gasteiger partial charge in [-0.15, -0.1) is 0 Å². The predicted molar refractivity (Wildman–Crippen MR) is 67.7 cm³/mol. The Kier molecular flexibility index (Phi) is 2.54. The van der Waals surface area contributed by atoms with Crippen molar-refractivity contribution in [3.63, 3.8) is 0 Å². The van der Waals surface area contributed by atoms with Crippen LogP contribution >= 0.6 is 0 Å². The van der Waals surface area contributed by atoms with Crippen LogP contribution in [0.1, 0.15) is 35.2 Å². The zero-order valence-electron chi connectivity index (χ0n) is 10.4. The van der Waals surface area contributed by atoms with Crippen molar-refractivity contribution in [1.29, 1.82) is 0 Å². The lowest BCUT2D eigenvalue weighted by molar-refractivity contribution is 0.0698. The summed E-state index contributed by atoms with van der Waals surface area (Å²) in [5, 5.41) is 0. The van der Waals surface area contributed by atoms with E-state index >= 15 is 0 Å². The Hall–Kier alpha value is -1.58. The maximum atomic E-state index is 14.0. The number of aryl methyl sites for hydroxylation is 1. The van der Waals surface area contributed by atoms with Gasteiger partial charge < -0.3 is 10.6 Å². The number of carbonyl (C=O) groups is 1. The third-order valence-electron chi connectivity index (χ3n) is 4.18. The summed E-state index contributed by atoms with van der Waals surface area (Å²) >= 11 is 0. The van der Waals surface area contributed by atoms with E-state index in [2.05, 4.69) is 0 Å². The highest BCUT2D eigenvalue weighted by Crippen LogP contribution is 2.38. The Bertz CT molecular complexity index is 515. The normalized spacial score (nSPS) is 25.8. The molecule has 1 aliphatic carbocycles. The molecule has 96 valence electrons. The second-order valence-electron chi connectivity index (χ2n) is 5.49. The third kappa shape index (κ3) is 1.67. The molecule has 0 spiro atoms. The maximum absolute atomic E-state index is 14.0. The van der Waals surface area contributed by atoms with Crippen LogP contribution in [0, 0.1) is 18.7 Å². The second kappa shape index (κ2) is 3.97. The van der Waals surface area contributed by atoms with E-state index in [9.17, 15) is 9.18 Å². The third-order valence-corrected chi connectivity index (χ3v) is 4.18. The van der Waals surface area contributed by atoms with E-state index in [1.165, 1.54) is 12.5 Å². The summed E-state index contributed by atoms with van der Waals surface area (Å²) in [6, 6.07) is 3.32. The highest BCUT2D eigenvalue weighted by atomic mass is 19.1. The molecule has 2 fully saturated rings. The van der Waals surface area contributed by atoms with Crippen molar-refractivity contribution in [3.8, 4) is 0 Å². The first-order chi connectivity index (χ1) is 8.56. The number of anilines is 1. The Morgan fingerprint density at radius 2 is 2.22 bits per heavy atom. The van der Waals surface area contributed by atoms with Gasteiger partial charge in [0.1, 0.15) is 5.82 Å². The van der Waals surface area contributed by atoms with E-state index in [1.54, 1.807) is 13.0 Å². The molecule has 1 saturated heterocycles. The molecule has 1 aromatic rings. The van der Waals surface area contributed by atoms with Crippen LogP contribution in [-0.4, -0.2) is 23.4 Å². The van der Waals surface area contributed by atoms with Gasteiger partial charge in [0.05, 0.1) is 5.56 Å². The maximum Gasteiger partial charge on any atom is 0.257 e. The summed E-state index contributed by atoms with van der Waals surface area (Å²) in [6.07, 6.45) is 3.33. The lowest BCUT2D eigenvalue weighted by atomic mass is 10.1. The molecule has 3 nitrogen and oxygen atoms in total. The molecule has 4 heteroatoms. The molecule has 1 aliphatic heterocycles. The molecule has 2 N–H and O–H groups in total. The number of halogens is 1. The topological polar surface area (TPSA) is 46.3 Å². The Balaban J connectivity index is 1.93. The van der Waals surface area contributed by atoms with E-state index < -0.39 is 5.82 Å². The number of benzene rings is 1. The average molecular weight is 248 g/mol. The van der Waals surface area contributed by atoms with E-state index in [1.807, 2.05) is 4.90 Å². The van der Waals surface area contributed by atoms with Gasteiger partial charge in [-0.3, -0.25) is 4.79 Å². The minimum Gasteiger partial charge on any atom is -0.399 e. The van der Waals surface area contributed by atoms with Gasteiger partial charge in [0.2, 0.25) is 0 Å². The standard InChI is InChI=1S/C14H17FN2O/c1-8-4-10(16)6-12(13(8)15)14(18)17-7-9-2-3-11(17)5-9/h4,6,9,11H,2-3,5,7,16H2,1H3. The van der Waals surface area contributed by atoms with Crippen LogP contribution in [0.25, 0.3) is 0 Å². The number of nitrogen functional groups attached to an aromatic ring is 1. The molecule has 18 heavy (non-hydrogen) atoms. The van der Waals surface area contributed by atoms with Gasteiger partial charge in [0.25, 0.3) is 5.91 Å². The Morgan fingerprint density at radius 3 is 2.83 bits per heavy atom. The SMILES string of the molecule is Cc1cc(N)cc(C(=O)N2CC3CCC2C3)c1F. The van der Waals surface area contributed by atoms with Crippen molar-refractivity contribution in [2.24, 2.45) is 5.92 Å². The van der Waals surface area contributed by atoms with E-state index in [-0.39, 0.29) is 11.5 Å². The minimum atomic E-state index is -0.433. The molecule has 2 bridgehead atoms. The summed E-state index contributed by atoms with van der Waals surface area (Å²) in [5.74, 6) is -0.0174. The number of rotatable bonds is 1. The fourth-order valence-electron chi connectivity index (χ4n) is 3.28. The summed E-state index contributed by atoms with van der Waals surface area (Å²) < 4.78 is 14.0. The Labute approximate surface area is 106 Å². The van der Waals surface area contributed by atoms with Crippen LogP contribution in [0.3, 0.4) is 0 Å². The van der Waals surface area contributed by atoms with E-state index in [0.717, 1.165) is 19.4 Å². The number of hydrogen-bond acceptors (Lipinski definition) is 2. The summed E-state index contributed by atoms with van der Waals surface area (Å²) in [5.41, 5.74) is 6.71. The van der Waals surface area contributed by atoms with Gasteiger partial charge in [-0.05, 0) is 49.8 Å². The first kappa shape index (κ1) is 11.5. The number of piperidine rings is 1. The van der Waals surface area contributed by atoms with Gasteiger partial charge in [0, 0.05) is 18.3 Å². The summed E-state index contributed by atoms with van der Waals surface area (Å²) in [7, 11) is 0. The van der Waals surface area contributed by atoms with Gasteiger partial charge in [-0.25, -0.2) is 4.39 Å². The van der Waals surface area contributed by atoms with Crippen molar-refractivity contribution in [3.05, 3.63) is 29.1 Å². The van der Waals surface area contributed by atoms with Gasteiger partial charge in [-0.2, -0.15) is 0 Å². The minimum absolute atomic E-state index is 0.125. The zero-order valence-corrected chi connectivity index (χ0v) is 10.4. The average Bonchev–Trinajstić information content (AvgIpc) is 2.94. The predicted octanol–water partition coefficient (Wildman–Crippen LogP) is 2.34. The number of nitrogens with zero attached hydrogens (tertiary/aromatic N) is 1. The lowest BCUT2D eigenvalue weighted by Gasteiger charge is -2.27. The van der Waals surface area contributed by atoms with E-state index in [4.69, 9.17) is 5.73 Å². The molecule has 1 aromatic carbocycles. The second-order valence-corrected chi connectivity index (χ2v) is 5.49. The molecule has 2 unspecified atom stereocenters. The van der Waals surface area contributed by atoms with Crippen LogP contribution in [0.4, 0.5) is 10.1 Å². The van der Waals surface area contributed by atoms with Crippen LogP contribution in [0.5, 0.6) is 0 Å². The van der Waals surface area contributed by atoms with Crippen molar-refractivity contribution in [2.75, 3.05) is 12.3 Å². The highest BCUT2D eigenvalue weighted by Gasteiger charge is 2.41. The van der Waals surface area contributed by atoms with Crippen LogP contribution in [0.2, 0.25) is 0 Å². The monoisotopic (exact) mass is 248 g/mol. The highest BCUT2D eigenvalue weighted by molar-refractivity contribution is 5.96. The number of carbonyl (C=O) groups excluding carboxylic acids is 1. The fraction of sp³-hybridized carbons (Fsp3) is 0.500. The van der Waals surface area contributed by atoms with Crippen LogP contribution in [0.15, 0.2) is 12.1 Å². The molecular weight excluding hydrogens is 231 g/mol.